The van der Waals surface area contributed by atoms with Crippen LogP contribution in [0.25, 0.3) is 0 Å². The third-order valence-corrected chi connectivity index (χ3v) is 3.76. The number of halogens is 1. The molecule has 1 saturated heterocycles. The second kappa shape index (κ2) is 5.61. The van der Waals surface area contributed by atoms with Gasteiger partial charge in [-0.3, -0.25) is 4.79 Å². The van der Waals surface area contributed by atoms with Gasteiger partial charge in [0.2, 0.25) is 0 Å². The number of hydrogen-bond donors (Lipinski definition) is 1. The Morgan fingerprint density at radius 3 is 2.75 bits per heavy atom. The molecule has 1 aromatic carbocycles. The van der Waals surface area contributed by atoms with Crippen molar-refractivity contribution in [3.8, 4) is 0 Å². The summed E-state index contributed by atoms with van der Waals surface area (Å²) in [6, 6.07) is 3.42. The summed E-state index contributed by atoms with van der Waals surface area (Å²) in [5.41, 5.74) is 0.720. The minimum Gasteiger partial charge on any atom is -0.480 e. The molecule has 0 saturated carbocycles. The van der Waals surface area contributed by atoms with Gasteiger partial charge in [0.25, 0.3) is 5.91 Å². The van der Waals surface area contributed by atoms with Gasteiger partial charge in [-0.15, -0.1) is 0 Å². The second-order valence-electron chi connectivity index (χ2n) is 5.47. The molecular weight excluding hydrogens is 261 g/mol. The molecule has 4 nitrogen and oxygen atoms in total. The lowest BCUT2D eigenvalue weighted by Gasteiger charge is -2.36. The summed E-state index contributed by atoms with van der Waals surface area (Å²) >= 11 is 0. The van der Waals surface area contributed by atoms with Gasteiger partial charge in [0.1, 0.15) is 11.9 Å². The molecule has 0 radical (unpaired) electrons. The summed E-state index contributed by atoms with van der Waals surface area (Å²) in [7, 11) is 0. The largest absolute Gasteiger partial charge is 0.480 e. The van der Waals surface area contributed by atoms with Gasteiger partial charge in [-0.25, -0.2) is 9.18 Å². The van der Waals surface area contributed by atoms with Gasteiger partial charge in [0.05, 0.1) is 5.56 Å². The average Bonchev–Trinajstić information content (AvgIpc) is 2.40. The fourth-order valence-electron chi connectivity index (χ4n) is 2.58. The smallest absolute Gasteiger partial charge is 0.326 e. The Morgan fingerprint density at radius 2 is 2.10 bits per heavy atom. The lowest BCUT2D eigenvalue weighted by molar-refractivity contribution is -0.144. The van der Waals surface area contributed by atoms with Crippen LogP contribution in [-0.2, 0) is 4.79 Å². The van der Waals surface area contributed by atoms with E-state index in [1.165, 1.54) is 17.0 Å². The molecule has 1 aliphatic heterocycles. The van der Waals surface area contributed by atoms with Crippen molar-refractivity contribution in [2.75, 3.05) is 6.54 Å². The van der Waals surface area contributed by atoms with Crippen LogP contribution in [-0.4, -0.2) is 34.5 Å². The van der Waals surface area contributed by atoms with E-state index in [1.54, 1.807) is 13.0 Å². The van der Waals surface area contributed by atoms with Crippen LogP contribution in [0.3, 0.4) is 0 Å². The van der Waals surface area contributed by atoms with Crippen molar-refractivity contribution in [3.63, 3.8) is 0 Å². The molecule has 1 fully saturated rings. The highest BCUT2D eigenvalue weighted by atomic mass is 19.1. The van der Waals surface area contributed by atoms with Crippen molar-refractivity contribution in [2.24, 2.45) is 5.92 Å². The summed E-state index contributed by atoms with van der Waals surface area (Å²) in [6.45, 7) is 4.08. The van der Waals surface area contributed by atoms with Crippen LogP contribution in [0.4, 0.5) is 4.39 Å². The summed E-state index contributed by atoms with van der Waals surface area (Å²) in [5, 5.41) is 9.26. The van der Waals surface area contributed by atoms with Crippen LogP contribution >= 0.6 is 0 Å². The molecule has 1 heterocycles. The maximum absolute atomic E-state index is 13.8. The van der Waals surface area contributed by atoms with Crippen molar-refractivity contribution in [2.45, 2.75) is 32.7 Å². The Balaban J connectivity index is 2.31. The van der Waals surface area contributed by atoms with Gasteiger partial charge in [-0.05, 0) is 37.8 Å². The zero-order valence-electron chi connectivity index (χ0n) is 11.6. The molecule has 0 aromatic heterocycles. The van der Waals surface area contributed by atoms with Crippen LogP contribution in [0.1, 0.15) is 35.7 Å². The number of benzene rings is 1. The Morgan fingerprint density at radius 1 is 1.40 bits per heavy atom. The number of likely N-dealkylation sites (tertiary alicyclic amines) is 1. The number of nitrogens with zero attached hydrogens (tertiary/aromatic N) is 1. The van der Waals surface area contributed by atoms with E-state index >= 15 is 0 Å². The molecule has 1 aliphatic rings. The molecule has 20 heavy (non-hydrogen) atoms. The van der Waals surface area contributed by atoms with Crippen LogP contribution in [0.5, 0.6) is 0 Å². The van der Waals surface area contributed by atoms with Crippen molar-refractivity contribution in [1.29, 1.82) is 0 Å². The number of aryl methyl sites for hydroxylation is 1. The minimum absolute atomic E-state index is 0.0502. The van der Waals surface area contributed by atoms with Gasteiger partial charge in [0.15, 0.2) is 0 Å². The fraction of sp³-hybridized carbons (Fsp3) is 0.467. The topological polar surface area (TPSA) is 57.6 Å². The Labute approximate surface area is 117 Å². The first kappa shape index (κ1) is 14.5. The quantitative estimate of drug-likeness (QED) is 0.904. The summed E-state index contributed by atoms with van der Waals surface area (Å²) in [4.78, 5) is 25.0. The SMILES string of the molecule is Cc1ccc(F)c(C(=O)N2CCC(C)CC2C(=O)O)c1. The van der Waals surface area contributed by atoms with Crippen molar-refractivity contribution < 1.29 is 19.1 Å². The molecule has 2 unspecified atom stereocenters. The standard InChI is InChI=1S/C15H18FNO3/c1-9-3-4-12(16)11(7-9)14(18)17-6-5-10(2)8-13(17)15(19)20/h3-4,7,10,13H,5-6,8H2,1-2H3,(H,19,20). The molecule has 1 amide bonds. The summed E-state index contributed by atoms with van der Waals surface area (Å²) in [5.74, 6) is -1.92. The number of piperidine rings is 1. The summed E-state index contributed by atoms with van der Waals surface area (Å²) < 4.78 is 13.8. The molecule has 0 aliphatic carbocycles. The van der Waals surface area contributed by atoms with E-state index in [4.69, 9.17) is 0 Å². The molecule has 1 N–H and O–H groups in total. The lowest BCUT2D eigenvalue weighted by atomic mass is 9.91. The number of rotatable bonds is 2. The van der Waals surface area contributed by atoms with Crippen molar-refractivity contribution in [3.05, 3.63) is 35.1 Å². The van der Waals surface area contributed by atoms with Crippen LogP contribution in [0.15, 0.2) is 18.2 Å². The lowest BCUT2D eigenvalue weighted by Crippen LogP contribution is -2.50. The van der Waals surface area contributed by atoms with Crippen LogP contribution in [0.2, 0.25) is 0 Å². The Bertz CT molecular complexity index is 544. The molecular formula is C15H18FNO3. The molecule has 0 bridgehead atoms. The number of carbonyl (C=O) groups excluding carboxylic acids is 1. The first-order valence-electron chi connectivity index (χ1n) is 6.70. The highest BCUT2D eigenvalue weighted by molar-refractivity contribution is 5.97. The van der Waals surface area contributed by atoms with Gasteiger partial charge >= 0.3 is 5.97 Å². The highest BCUT2D eigenvalue weighted by Gasteiger charge is 2.35. The van der Waals surface area contributed by atoms with Gasteiger partial charge < -0.3 is 10.0 Å². The van der Waals surface area contributed by atoms with E-state index in [0.717, 1.165) is 12.0 Å². The Hall–Kier alpha value is -1.91. The molecule has 0 spiro atoms. The van der Waals surface area contributed by atoms with Crippen molar-refractivity contribution >= 4 is 11.9 Å². The average molecular weight is 279 g/mol. The third kappa shape index (κ3) is 2.81. The normalized spacial score (nSPS) is 22.6. The molecule has 2 atom stereocenters. The molecule has 1 aromatic rings. The first-order valence-corrected chi connectivity index (χ1v) is 6.70. The van der Waals surface area contributed by atoms with Crippen LogP contribution < -0.4 is 0 Å². The number of carbonyl (C=O) groups is 2. The maximum Gasteiger partial charge on any atom is 0.326 e. The number of amides is 1. The predicted octanol–water partition coefficient (Wildman–Crippen LogP) is 2.46. The number of carboxylic acids is 1. The van der Waals surface area contributed by atoms with Gasteiger partial charge in [0, 0.05) is 6.54 Å². The highest BCUT2D eigenvalue weighted by Crippen LogP contribution is 2.25. The predicted molar refractivity (Wildman–Crippen MR) is 72.0 cm³/mol. The maximum atomic E-state index is 13.8. The second-order valence-corrected chi connectivity index (χ2v) is 5.47. The van der Waals surface area contributed by atoms with E-state index in [2.05, 4.69) is 0 Å². The number of carboxylic acid groups (broad SMARTS) is 1. The number of aliphatic carboxylic acids is 1. The molecule has 2 rings (SSSR count). The fourth-order valence-corrected chi connectivity index (χ4v) is 2.58. The van der Waals surface area contributed by atoms with E-state index in [0.29, 0.717) is 13.0 Å². The summed E-state index contributed by atoms with van der Waals surface area (Å²) in [6.07, 6.45) is 1.15. The van der Waals surface area contributed by atoms with Crippen LogP contribution in [0, 0.1) is 18.7 Å². The first-order chi connectivity index (χ1) is 9.40. The number of hydrogen-bond acceptors (Lipinski definition) is 2. The third-order valence-electron chi connectivity index (χ3n) is 3.76. The molecule has 108 valence electrons. The Kier molecular flexibility index (Phi) is 4.06. The van der Waals surface area contributed by atoms with Gasteiger partial charge in [-0.1, -0.05) is 18.6 Å². The van der Waals surface area contributed by atoms with Gasteiger partial charge in [-0.2, -0.15) is 0 Å². The van der Waals surface area contributed by atoms with E-state index in [-0.39, 0.29) is 11.5 Å². The zero-order valence-corrected chi connectivity index (χ0v) is 11.6. The monoisotopic (exact) mass is 279 g/mol. The van der Waals surface area contributed by atoms with E-state index < -0.39 is 23.7 Å². The molecule has 5 heteroatoms. The van der Waals surface area contributed by atoms with Crippen molar-refractivity contribution in [1.82, 2.24) is 4.90 Å². The minimum atomic E-state index is -1.03. The van der Waals surface area contributed by atoms with E-state index in [9.17, 15) is 19.1 Å². The van der Waals surface area contributed by atoms with E-state index in [1.807, 2.05) is 6.92 Å². The zero-order chi connectivity index (χ0) is 14.9.